The van der Waals surface area contributed by atoms with E-state index < -0.39 is 17.5 Å². The number of anilines is 1. The number of carbonyl (C=O) groups excluding carboxylic acids is 2. The number of hydrogen-bond donors (Lipinski definition) is 2. The van der Waals surface area contributed by atoms with Crippen LogP contribution in [0.25, 0.3) is 0 Å². The molecule has 2 aromatic carbocycles. The van der Waals surface area contributed by atoms with Crippen molar-refractivity contribution in [3.05, 3.63) is 94.8 Å². The van der Waals surface area contributed by atoms with Crippen molar-refractivity contribution >= 4 is 17.5 Å². The normalized spacial score (nSPS) is 10.4. The molecular weight excluding hydrogens is 364 g/mol. The number of amides is 2. The van der Waals surface area contributed by atoms with Crippen LogP contribution in [0.4, 0.5) is 14.5 Å². The van der Waals surface area contributed by atoms with E-state index in [0.717, 1.165) is 23.3 Å². The van der Waals surface area contributed by atoms with E-state index >= 15 is 0 Å². The van der Waals surface area contributed by atoms with Crippen LogP contribution in [0, 0.1) is 18.6 Å². The van der Waals surface area contributed by atoms with Crippen molar-refractivity contribution in [2.45, 2.75) is 13.5 Å². The highest BCUT2D eigenvalue weighted by Gasteiger charge is 2.14. The van der Waals surface area contributed by atoms with Gasteiger partial charge < -0.3 is 10.6 Å². The van der Waals surface area contributed by atoms with E-state index in [1.165, 1.54) is 18.3 Å². The summed E-state index contributed by atoms with van der Waals surface area (Å²) in [7, 11) is 0. The Hall–Kier alpha value is -3.61. The van der Waals surface area contributed by atoms with Gasteiger partial charge in [0, 0.05) is 24.4 Å². The van der Waals surface area contributed by atoms with Crippen LogP contribution in [0.15, 0.2) is 60.8 Å². The van der Waals surface area contributed by atoms with Crippen molar-refractivity contribution in [1.29, 1.82) is 0 Å². The van der Waals surface area contributed by atoms with Gasteiger partial charge in [-0.15, -0.1) is 0 Å². The average molecular weight is 381 g/mol. The van der Waals surface area contributed by atoms with Gasteiger partial charge in [-0.3, -0.25) is 14.6 Å². The molecule has 0 saturated heterocycles. The van der Waals surface area contributed by atoms with E-state index in [-0.39, 0.29) is 22.9 Å². The predicted molar refractivity (Wildman–Crippen MR) is 101 cm³/mol. The third-order valence-electron chi connectivity index (χ3n) is 4.13. The molecule has 0 spiro atoms. The minimum Gasteiger partial charge on any atom is -0.348 e. The van der Waals surface area contributed by atoms with Gasteiger partial charge in [0.1, 0.15) is 17.3 Å². The van der Waals surface area contributed by atoms with Crippen molar-refractivity contribution in [3.63, 3.8) is 0 Å². The Labute approximate surface area is 160 Å². The van der Waals surface area contributed by atoms with E-state index in [9.17, 15) is 18.4 Å². The first kappa shape index (κ1) is 19.2. The Kier molecular flexibility index (Phi) is 5.74. The van der Waals surface area contributed by atoms with E-state index in [1.807, 2.05) is 31.2 Å². The van der Waals surface area contributed by atoms with Gasteiger partial charge in [-0.2, -0.15) is 0 Å². The summed E-state index contributed by atoms with van der Waals surface area (Å²) < 4.78 is 26.6. The first-order valence-corrected chi connectivity index (χ1v) is 8.49. The van der Waals surface area contributed by atoms with Crippen LogP contribution in [0.5, 0.6) is 0 Å². The van der Waals surface area contributed by atoms with Crippen LogP contribution in [-0.2, 0) is 6.54 Å². The fraction of sp³-hybridized carbons (Fsp3) is 0.0952. The zero-order chi connectivity index (χ0) is 20.1. The van der Waals surface area contributed by atoms with Crippen molar-refractivity contribution in [2.75, 3.05) is 5.32 Å². The van der Waals surface area contributed by atoms with Crippen molar-refractivity contribution in [1.82, 2.24) is 10.3 Å². The SMILES string of the molecule is Cc1ccccc1CNC(=O)c1ccnc(C(=O)Nc2ccc(F)cc2F)c1. The van der Waals surface area contributed by atoms with Crippen molar-refractivity contribution in [3.8, 4) is 0 Å². The fourth-order valence-electron chi connectivity index (χ4n) is 2.56. The molecule has 1 heterocycles. The number of aryl methyl sites for hydroxylation is 1. The average Bonchev–Trinajstić information content (AvgIpc) is 2.69. The van der Waals surface area contributed by atoms with E-state index in [4.69, 9.17) is 0 Å². The highest BCUT2D eigenvalue weighted by Crippen LogP contribution is 2.16. The standard InChI is InChI=1S/C21H17F2N3O2/c1-13-4-2-3-5-15(13)12-25-20(27)14-8-9-24-19(10-14)21(28)26-18-7-6-16(22)11-17(18)23/h2-11H,12H2,1H3,(H,25,27)(H,26,28). The summed E-state index contributed by atoms with van der Waals surface area (Å²) in [5, 5.41) is 5.10. The topological polar surface area (TPSA) is 71.1 Å². The molecule has 0 saturated carbocycles. The van der Waals surface area contributed by atoms with E-state index in [0.29, 0.717) is 12.6 Å². The molecule has 0 aliphatic heterocycles. The maximum absolute atomic E-state index is 13.7. The Morgan fingerprint density at radius 2 is 1.79 bits per heavy atom. The lowest BCUT2D eigenvalue weighted by atomic mass is 10.1. The number of nitrogens with zero attached hydrogens (tertiary/aromatic N) is 1. The number of rotatable bonds is 5. The molecule has 5 nitrogen and oxygen atoms in total. The lowest BCUT2D eigenvalue weighted by molar-refractivity contribution is 0.0950. The van der Waals surface area contributed by atoms with Gasteiger partial charge in [-0.25, -0.2) is 8.78 Å². The molecule has 2 amide bonds. The zero-order valence-electron chi connectivity index (χ0n) is 15.0. The molecule has 28 heavy (non-hydrogen) atoms. The van der Waals surface area contributed by atoms with Gasteiger partial charge in [-0.1, -0.05) is 24.3 Å². The largest absolute Gasteiger partial charge is 0.348 e. The summed E-state index contributed by atoms with van der Waals surface area (Å²) >= 11 is 0. The lowest BCUT2D eigenvalue weighted by Gasteiger charge is -2.09. The van der Waals surface area contributed by atoms with Crippen LogP contribution in [0.2, 0.25) is 0 Å². The summed E-state index contributed by atoms with van der Waals surface area (Å²) in [6.45, 7) is 2.29. The van der Waals surface area contributed by atoms with Crippen LogP contribution >= 0.6 is 0 Å². The van der Waals surface area contributed by atoms with Gasteiger partial charge in [-0.05, 0) is 42.3 Å². The monoisotopic (exact) mass is 381 g/mol. The van der Waals surface area contributed by atoms with Gasteiger partial charge >= 0.3 is 0 Å². The molecule has 0 aliphatic rings. The Morgan fingerprint density at radius 3 is 2.54 bits per heavy atom. The molecule has 7 heteroatoms. The van der Waals surface area contributed by atoms with E-state index in [1.54, 1.807) is 0 Å². The second kappa shape index (κ2) is 8.39. The maximum atomic E-state index is 13.7. The summed E-state index contributed by atoms with van der Waals surface area (Å²) in [4.78, 5) is 28.6. The van der Waals surface area contributed by atoms with Crippen LogP contribution in [0.1, 0.15) is 32.0 Å². The van der Waals surface area contributed by atoms with E-state index in [2.05, 4.69) is 15.6 Å². The summed E-state index contributed by atoms with van der Waals surface area (Å²) in [5.74, 6) is -2.73. The molecule has 0 bridgehead atoms. The number of pyridine rings is 1. The Bertz CT molecular complexity index is 1040. The molecule has 3 aromatic rings. The summed E-state index contributed by atoms with van der Waals surface area (Å²) in [6, 6.07) is 13.3. The second-order valence-corrected chi connectivity index (χ2v) is 6.12. The molecule has 0 unspecified atom stereocenters. The third kappa shape index (κ3) is 4.56. The molecule has 3 rings (SSSR count). The smallest absolute Gasteiger partial charge is 0.274 e. The molecule has 0 fully saturated rings. The minimum atomic E-state index is -0.902. The number of benzene rings is 2. The fourth-order valence-corrected chi connectivity index (χ4v) is 2.56. The Balaban J connectivity index is 1.69. The molecule has 0 radical (unpaired) electrons. The zero-order valence-corrected chi connectivity index (χ0v) is 15.0. The lowest BCUT2D eigenvalue weighted by Crippen LogP contribution is -2.24. The van der Waals surface area contributed by atoms with Gasteiger partial charge in [0.15, 0.2) is 0 Å². The van der Waals surface area contributed by atoms with Gasteiger partial charge in [0.05, 0.1) is 5.69 Å². The molecule has 0 aliphatic carbocycles. The van der Waals surface area contributed by atoms with Crippen molar-refractivity contribution in [2.24, 2.45) is 0 Å². The molecule has 0 atom stereocenters. The quantitative estimate of drug-likeness (QED) is 0.705. The number of carbonyl (C=O) groups is 2. The van der Waals surface area contributed by atoms with Crippen molar-refractivity contribution < 1.29 is 18.4 Å². The highest BCUT2D eigenvalue weighted by molar-refractivity contribution is 6.04. The second-order valence-electron chi connectivity index (χ2n) is 6.12. The number of nitrogens with one attached hydrogen (secondary N) is 2. The molecule has 2 N–H and O–H groups in total. The number of aromatic nitrogens is 1. The summed E-state index contributed by atoms with van der Waals surface area (Å²) in [6.07, 6.45) is 1.32. The minimum absolute atomic E-state index is 0.0627. The molecule has 1 aromatic heterocycles. The number of halogens is 2. The first-order valence-electron chi connectivity index (χ1n) is 8.49. The van der Waals surface area contributed by atoms with Gasteiger partial charge in [0.2, 0.25) is 0 Å². The molecular formula is C21H17F2N3O2. The molecule has 142 valence electrons. The predicted octanol–water partition coefficient (Wildman–Crippen LogP) is 3.85. The summed E-state index contributed by atoms with van der Waals surface area (Å²) in [5.41, 5.74) is 2.04. The van der Waals surface area contributed by atoms with Crippen LogP contribution in [-0.4, -0.2) is 16.8 Å². The van der Waals surface area contributed by atoms with Gasteiger partial charge in [0.25, 0.3) is 11.8 Å². The third-order valence-corrected chi connectivity index (χ3v) is 4.13. The van der Waals surface area contributed by atoms with Crippen LogP contribution < -0.4 is 10.6 Å². The maximum Gasteiger partial charge on any atom is 0.274 e. The first-order chi connectivity index (χ1) is 13.4. The highest BCUT2D eigenvalue weighted by atomic mass is 19.1. The Morgan fingerprint density at radius 1 is 1.00 bits per heavy atom. The number of hydrogen-bond acceptors (Lipinski definition) is 3. The van der Waals surface area contributed by atoms with Crippen LogP contribution in [0.3, 0.4) is 0 Å².